The number of ketones is 3. The molecule has 13 aromatic carbocycles. The lowest BCUT2D eigenvalue weighted by Crippen LogP contribution is -2.46. The van der Waals surface area contributed by atoms with Crippen LogP contribution in [-0.4, -0.2) is 45.5 Å². The number of carbonyl (C=O) groups is 3. The molecule has 5 aliphatic rings. The molecule has 1 aliphatic carbocycles. The number of para-hydroxylation sites is 1. The van der Waals surface area contributed by atoms with Crippen molar-refractivity contribution in [2.45, 2.75) is 129 Å². The number of hydrogen-bond donors (Lipinski definition) is 3. The molecule has 1 saturated heterocycles. The SMILES string of the molecule is CC(C)(C)C(O)c1ccccc1.Cc1ccc2c(c1)CN1CN2Cc2cc(C)ccc21.O=C(c1ccccc1)C(O)c1ccccc1.O=C1CC(c2ccccc2)Oc2ccccc21.O=C1CCCCC1c1ccccc1.OC(c1c2ccccc2cc2ccccc12)C(F)(F)F.c1ccc(C2OC2c2ccccc2)cc1. The molecule has 570 valence electrons. The number of halogens is 3. The second kappa shape index (κ2) is 37.4. The molecule has 2 fully saturated rings. The van der Waals surface area contributed by atoms with Gasteiger partial charge in [-0.05, 0) is 128 Å². The van der Waals surface area contributed by atoms with E-state index in [2.05, 4.69) is 121 Å². The minimum absolute atomic E-state index is 0.0776. The Labute approximate surface area is 655 Å². The van der Waals surface area contributed by atoms with Crippen molar-refractivity contribution in [1.29, 1.82) is 0 Å². The zero-order chi connectivity index (χ0) is 78.7. The molecule has 7 atom stereocenters. The van der Waals surface area contributed by atoms with Gasteiger partial charge >= 0.3 is 6.18 Å². The quantitative estimate of drug-likeness (QED) is 0.0727. The van der Waals surface area contributed by atoms with E-state index in [-0.39, 0.29) is 52.9 Å². The largest absolute Gasteiger partial charge is 0.484 e. The number of hydrogen-bond acceptors (Lipinski definition) is 10. The van der Waals surface area contributed by atoms with Crippen molar-refractivity contribution in [2.75, 3.05) is 16.5 Å². The molecule has 2 bridgehead atoms. The lowest BCUT2D eigenvalue weighted by molar-refractivity contribution is -0.206. The van der Waals surface area contributed by atoms with Crippen LogP contribution in [0.5, 0.6) is 5.75 Å². The number of carbonyl (C=O) groups excluding carboxylic acids is 3. The number of Topliss-reactive ketones (excluding diaryl/α,β-unsaturated/α-hetero) is 3. The number of epoxide rings is 1. The van der Waals surface area contributed by atoms with E-state index >= 15 is 0 Å². The molecule has 10 nitrogen and oxygen atoms in total. The first-order valence-corrected chi connectivity index (χ1v) is 38.2. The van der Waals surface area contributed by atoms with Crippen LogP contribution < -0.4 is 14.5 Å². The van der Waals surface area contributed by atoms with Gasteiger partial charge < -0.3 is 34.6 Å². The summed E-state index contributed by atoms with van der Waals surface area (Å²) in [6, 6.07) is 105. The summed E-state index contributed by atoms with van der Waals surface area (Å²) in [7, 11) is 0. The smallest absolute Gasteiger partial charge is 0.418 e. The van der Waals surface area contributed by atoms with Crippen LogP contribution in [0, 0.1) is 19.3 Å². The zero-order valence-electron chi connectivity index (χ0n) is 63.8. The molecule has 0 radical (unpaired) electrons. The minimum Gasteiger partial charge on any atom is -0.484 e. The number of aliphatic hydroxyl groups excluding tert-OH is 3. The van der Waals surface area contributed by atoms with Crippen LogP contribution in [0.15, 0.2) is 328 Å². The van der Waals surface area contributed by atoms with Gasteiger partial charge in [0.25, 0.3) is 0 Å². The van der Waals surface area contributed by atoms with E-state index in [1.165, 1.54) is 56.7 Å². The van der Waals surface area contributed by atoms with Crippen molar-refractivity contribution in [3.05, 3.63) is 400 Å². The summed E-state index contributed by atoms with van der Waals surface area (Å²) >= 11 is 0. The maximum Gasteiger partial charge on any atom is 0.418 e. The highest BCUT2D eigenvalue weighted by Gasteiger charge is 2.42. The van der Waals surface area contributed by atoms with Gasteiger partial charge in [-0.15, -0.1) is 0 Å². The van der Waals surface area contributed by atoms with Crippen molar-refractivity contribution in [2.24, 2.45) is 5.41 Å². The van der Waals surface area contributed by atoms with E-state index in [1.54, 1.807) is 97.1 Å². The van der Waals surface area contributed by atoms with E-state index in [1.807, 2.05) is 154 Å². The number of rotatable bonds is 9. The van der Waals surface area contributed by atoms with Crippen LogP contribution in [0.25, 0.3) is 21.5 Å². The molecule has 13 heteroatoms. The van der Waals surface area contributed by atoms with Crippen molar-refractivity contribution >= 4 is 50.3 Å². The third kappa shape index (κ3) is 20.7. The van der Waals surface area contributed by atoms with E-state index in [0.29, 0.717) is 56.2 Å². The molecule has 4 heterocycles. The molecular formula is C99H95F3N2O8. The summed E-state index contributed by atoms with van der Waals surface area (Å²) in [6.45, 7) is 13.5. The highest BCUT2D eigenvalue weighted by atomic mass is 19.4. The summed E-state index contributed by atoms with van der Waals surface area (Å²) in [4.78, 5) is 40.5. The fourth-order valence-corrected chi connectivity index (χ4v) is 14.6. The highest BCUT2D eigenvalue weighted by molar-refractivity contribution is 6.03. The summed E-state index contributed by atoms with van der Waals surface area (Å²) < 4.78 is 50.4. The Morgan fingerprint density at radius 3 is 1.38 bits per heavy atom. The Hall–Kier alpha value is -11.6. The van der Waals surface area contributed by atoms with Gasteiger partial charge in [0.15, 0.2) is 17.7 Å². The molecular weight excluding hydrogens is 1400 g/mol. The van der Waals surface area contributed by atoms with Gasteiger partial charge in [0.05, 0.1) is 24.8 Å². The number of alkyl halides is 3. The molecule has 4 aliphatic heterocycles. The third-order valence-electron chi connectivity index (χ3n) is 20.5. The van der Waals surface area contributed by atoms with E-state index in [9.17, 15) is 42.9 Å². The molecule has 0 amide bonds. The Morgan fingerprint density at radius 1 is 0.464 bits per heavy atom. The first-order chi connectivity index (χ1) is 54.2. The number of nitrogens with zero attached hydrogens (tertiary/aromatic N) is 2. The third-order valence-corrected chi connectivity index (χ3v) is 20.5. The van der Waals surface area contributed by atoms with Crippen molar-refractivity contribution in [3.8, 4) is 5.75 Å². The van der Waals surface area contributed by atoms with Gasteiger partial charge in [0, 0.05) is 47.9 Å². The van der Waals surface area contributed by atoms with Crippen molar-refractivity contribution < 1.29 is 52.3 Å². The van der Waals surface area contributed by atoms with Crippen LogP contribution in [0.2, 0.25) is 0 Å². The molecule has 7 unspecified atom stereocenters. The van der Waals surface area contributed by atoms with E-state index < -0.39 is 18.4 Å². The normalized spacial score (nSPS) is 17.1. The van der Waals surface area contributed by atoms with Gasteiger partial charge in [-0.1, -0.05) is 336 Å². The number of aryl methyl sites for hydroxylation is 2. The Kier molecular flexibility index (Phi) is 26.7. The monoisotopic (exact) mass is 1500 g/mol. The minimum atomic E-state index is -4.69. The van der Waals surface area contributed by atoms with Crippen LogP contribution >= 0.6 is 0 Å². The second-order valence-corrected chi connectivity index (χ2v) is 29.8. The van der Waals surface area contributed by atoms with Gasteiger partial charge in [-0.25, -0.2) is 0 Å². The molecule has 0 spiro atoms. The lowest BCUT2D eigenvalue weighted by Gasteiger charge is -2.45. The maximum atomic E-state index is 12.9. The fraction of sp³-hybridized carbons (Fsp3) is 0.222. The first kappa shape index (κ1) is 80.0. The lowest BCUT2D eigenvalue weighted by atomic mass is 9.83. The Bertz CT molecular complexity index is 5070. The Balaban J connectivity index is 0.000000122. The predicted octanol–water partition coefficient (Wildman–Crippen LogP) is 23.4. The number of ether oxygens (including phenoxy) is 2. The van der Waals surface area contributed by atoms with E-state index in [4.69, 9.17) is 9.47 Å². The average molecular weight is 1500 g/mol. The fourth-order valence-electron chi connectivity index (χ4n) is 14.6. The van der Waals surface area contributed by atoms with Gasteiger partial charge in [-0.3, -0.25) is 14.4 Å². The standard InChI is InChI=1S/C17H18N2.C16H11F3O.C15H12O2.C14H12O2.C14H12O.C12H14O.C11H16O/c1-12-3-5-16-14(7-12)9-18-11-19(16)10-15-8-13(2)4-6-17(15)18;17-16(18,19)15(20)14-12-7-3-1-5-10(12)9-11-6-2-4-8-13(11)14;16-13-10-15(11-6-2-1-3-7-11)17-14-9-5-4-8-12(13)14;15-13(11-7-3-1-4-8-11)14(16)12-9-5-2-6-10-12;1-3-7-11(8-4-1)13-14(15-13)12-9-5-2-6-10-12;13-12-9-5-4-8-11(12)10-6-2-1-3-7-10;1-11(2,3)10(12)9-7-5-4-6-8-9/h3-8H,9-11H2,1-2H3;1-9,15,20H;1-9,15H,10H2;1-10,13,15H;1-10,13-14H;1-3,6-7,11H,4-5,8-9H2;4-8,10,12H,1-3H3. The number of benzene rings is 13. The highest BCUT2D eigenvalue weighted by Crippen LogP contribution is 2.51. The Morgan fingerprint density at radius 2 is 0.893 bits per heavy atom. The van der Waals surface area contributed by atoms with Crippen LogP contribution in [-0.2, 0) is 22.6 Å². The van der Waals surface area contributed by atoms with Gasteiger partial charge in [0.2, 0.25) is 0 Å². The van der Waals surface area contributed by atoms with E-state index in [0.717, 1.165) is 50.1 Å². The van der Waals surface area contributed by atoms with Crippen LogP contribution in [0.3, 0.4) is 0 Å². The second-order valence-electron chi connectivity index (χ2n) is 29.8. The van der Waals surface area contributed by atoms with Crippen molar-refractivity contribution in [3.63, 3.8) is 0 Å². The van der Waals surface area contributed by atoms with Crippen LogP contribution in [0.4, 0.5) is 24.5 Å². The molecule has 3 N–H and O–H groups in total. The van der Waals surface area contributed by atoms with Crippen molar-refractivity contribution in [1.82, 2.24) is 0 Å². The van der Waals surface area contributed by atoms with Gasteiger partial charge in [0.1, 0.15) is 35.9 Å². The maximum absolute atomic E-state index is 12.9. The van der Waals surface area contributed by atoms with Gasteiger partial charge in [-0.2, -0.15) is 13.2 Å². The molecule has 112 heavy (non-hydrogen) atoms. The molecule has 1 saturated carbocycles. The number of fused-ring (bicyclic) bond motifs is 9. The summed E-state index contributed by atoms with van der Waals surface area (Å²) in [6.07, 6.45) is -3.74. The molecule has 18 rings (SSSR count). The molecule has 13 aromatic rings. The predicted molar refractivity (Wildman–Crippen MR) is 442 cm³/mol. The number of aliphatic hydroxyl groups is 3. The molecule has 0 aromatic heterocycles. The average Bonchev–Trinajstić information content (AvgIpc) is 0.983. The topological polar surface area (TPSA) is 140 Å². The number of anilines is 2. The summed E-state index contributed by atoms with van der Waals surface area (Å²) in [5.74, 6) is 1.19. The first-order valence-electron chi connectivity index (χ1n) is 38.2. The summed E-state index contributed by atoms with van der Waals surface area (Å²) in [5, 5.41) is 31.7. The van der Waals surface area contributed by atoms with Crippen LogP contribution in [0.1, 0.15) is 177 Å². The summed E-state index contributed by atoms with van der Waals surface area (Å²) in [5.41, 5.74) is 15.9. The zero-order valence-corrected chi connectivity index (χ0v) is 63.8.